The first-order valence-corrected chi connectivity index (χ1v) is 12.8. The molecule has 0 bridgehead atoms. The highest BCUT2D eigenvalue weighted by molar-refractivity contribution is 5.80. The number of H-pyrrole nitrogens is 2. The fourth-order valence-electron chi connectivity index (χ4n) is 6.56. The van der Waals surface area contributed by atoms with E-state index in [1.54, 1.807) is 6.07 Å². The molecule has 1 saturated heterocycles. The van der Waals surface area contributed by atoms with E-state index in [0.29, 0.717) is 54.2 Å². The van der Waals surface area contributed by atoms with Crippen molar-refractivity contribution in [3.05, 3.63) is 81.0 Å². The summed E-state index contributed by atoms with van der Waals surface area (Å²) in [6.07, 6.45) is 0.505. The molecular formula is C27H26F3N7O. The lowest BCUT2D eigenvalue weighted by atomic mass is 9.73. The molecule has 4 heterocycles. The first-order chi connectivity index (χ1) is 18.2. The molecule has 196 valence electrons. The van der Waals surface area contributed by atoms with Crippen LogP contribution in [0.2, 0.25) is 0 Å². The molecule has 4 aromatic rings. The molecule has 1 aromatic carbocycles. The molecule has 0 radical (unpaired) electrons. The van der Waals surface area contributed by atoms with Crippen LogP contribution in [0.4, 0.5) is 19.1 Å². The second-order valence-corrected chi connectivity index (χ2v) is 10.9. The van der Waals surface area contributed by atoms with Gasteiger partial charge in [-0.1, -0.05) is 24.3 Å². The van der Waals surface area contributed by atoms with E-state index < -0.39 is 17.3 Å². The van der Waals surface area contributed by atoms with E-state index in [2.05, 4.69) is 48.2 Å². The van der Waals surface area contributed by atoms with Crippen molar-refractivity contribution < 1.29 is 13.2 Å². The van der Waals surface area contributed by atoms with E-state index in [9.17, 15) is 18.0 Å². The maximum atomic E-state index is 13.3. The lowest BCUT2D eigenvalue weighted by Gasteiger charge is -2.42. The molecule has 1 saturated carbocycles. The van der Waals surface area contributed by atoms with Crippen LogP contribution in [0.5, 0.6) is 0 Å². The van der Waals surface area contributed by atoms with Crippen LogP contribution in [-0.2, 0) is 18.0 Å². The molecule has 0 unspecified atom stereocenters. The van der Waals surface area contributed by atoms with Gasteiger partial charge in [-0.25, -0.2) is 0 Å². The van der Waals surface area contributed by atoms with Crippen molar-refractivity contribution in [3.63, 3.8) is 0 Å². The number of anilines is 1. The Morgan fingerprint density at radius 3 is 2.55 bits per heavy atom. The van der Waals surface area contributed by atoms with Crippen molar-refractivity contribution >= 4 is 17.0 Å². The van der Waals surface area contributed by atoms with Gasteiger partial charge in [0.2, 0.25) is 5.95 Å². The Morgan fingerprint density at radius 1 is 1.08 bits per heavy atom. The number of rotatable bonds is 3. The second kappa shape index (κ2) is 7.89. The number of nitrogens with two attached hydrogens (primary N) is 1. The van der Waals surface area contributed by atoms with Gasteiger partial charge in [-0.05, 0) is 66.3 Å². The molecular weight excluding hydrogens is 495 g/mol. The smallest absolute Gasteiger partial charge is 0.342 e. The monoisotopic (exact) mass is 521 g/mol. The maximum absolute atomic E-state index is 13.3. The van der Waals surface area contributed by atoms with Gasteiger partial charge in [-0.3, -0.25) is 19.9 Å². The largest absolute Gasteiger partial charge is 0.433 e. The fourth-order valence-corrected chi connectivity index (χ4v) is 6.56. The molecule has 4 N–H and O–H groups in total. The van der Waals surface area contributed by atoms with E-state index in [4.69, 9.17) is 5.73 Å². The molecule has 3 aromatic heterocycles. The van der Waals surface area contributed by atoms with Gasteiger partial charge >= 0.3 is 6.18 Å². The molecule has 0 amide bonds. The lowest BCUT2D eigenvalue weighted by Crippen LogP contribution is -2.45. The Labute approximate surface area is 215 Å². The van der Waals surface area contributed by atoms with Gasteiger partial charge in [-0.15, -0.1) is 0 Å². The van der Waals surface area contributed by atoms with E-state index in [1.807, 2.05) is 6.07 Å². The van der Waals surface area contributed by atoms with E-state index in [-0.39, 0.29) is 17.0 Å². The summed E-state index contributed by atoms with van der Waals surface area (Å²) in [4.78, 5) is 26.4. The number of benzene rings is 1. The first kappa shape index (κ1) is 23.4. The quantitative estimate of drug-likeness (QED) is 0.376. The highest BCUT2D eigenvalue weighted by Crippen LogP contribution is 2.54. The highest BCUT2D eigenvalue weighted by atomic mass is 19.4. The van der Waals surface area contributed by atoms with E-state index >= 15 is 0 Å². The molecule has 11 heteroatoms. The van der Waals surface area contributed by atoms with Gasteiger partial charge in [0, 0.05) is 30.7 Å². The summed E-state index contributed by atoms with van der Waals surface area (Å²) in [5, 5.41) is 7.55. The van der Waals surface area contributed by atoms with Gasteiger partial charge in [0.15, 0.2) is 5.65 Å². The standard InChI is InChI=1S/C27H26F3N7O/c28-27(29,30)18-13-16(5-10-32-18)26(6-7-26)21-19-22(36-35-21)33-24(34-23(19)38)37-11-8-25(9-12-37)14-15-3-1-2-4-17(15)20(25)31/h1-5,10,13,20H,6-9,11-12,14,31H2,(H2,33,34,35,36,38)/t20-/m1/s1. The zero-order valence-corrected chi connectivity index (χ0v) is 20.5. The van der Waals surface area contributed by atoms with Gasteiger partial charge in [0.1, 0.15) is 11.1 Å². The number of alkyl halides is 3. The number of nitrogens with zero attached hydrogens (tertiary/aromatic N) is 4. The molecule has 1 atom stereocenters. The number of hydrogen-bond acceptors (Lipinski definition) is 6. The number of fused-ring (bicyclic) bond motifs is 2. The number of aromatic amines is 2. The van der Waals surface area contributed by atoms with Crippen LogP contribution < -0.4 is 16.2 Å². The number of pyridine rings is 1. The molecule has 7 rings (SSSR count). The Morgan fingerprint density at radius 2 is 1.84 bits per heavy atom. The van der Waals surface area contributed by atoms with Crippen LogP contribution in [0.3, 0.4) is 0 Å². The predicted octanol–water partition coefficient (Wildman–Crippen LogP) is 3.98. The summed E-state index contributed by atoms with van der Waals surface area (Å²) in [6.45, 7) is 1.41. The number of nitrogens with one attached hydrogen (secondary N) is 2. The summed E-state index contributed by atoms with van der Waals surface area (Å²) in [6, 6.07) is 11.0. The molecule has 1 aliphatic heterocycles. The van der Waals surface area contributed by atoms with Crippen molar-refractivity contribution in [2.75, 3.05) is 18.0 Å². The summed E-state index contributed by atoms with van der Waals surface area (Å²) < 4.78 is 39.9. The van der Waals surface area contributed by atoms with Gasteiger partial charge in [-0.2, -0.15) is 23.3 Å². The van der Waals surface area contributed by atoms with Gasteiger partial charge in [0.05, 0.1) is 5.69 Å². The SMILES string of the molecule is N[C@@H]1c2ccccc2CC12CCN(c1nc3[nH]nc(C4(c5ccnc(C(F)(F)F)c5)CC4)c3c(=O)[nH]1)CC2. The van der Waals surface area contributed by atoms with Crippen LogP contribution in [0.1, 0.15) is 59.8 Å². The number of aromatic nitrogens is 5. The third kappa shape index (κ3) is 3.40. The van der Waals surface area contributed by atoms with Crippen LogP contribution in [-0.4, -0.2) is 38.2 Å². The Bertz CT molecular complexity index is 1610. The Hall–Kier alpha value is -3.73. The second-order valence-electron chi connectivity index (χ2n) is 10.9. The summed E-state index contributed by atoms with van der Waals surface area (Å²) in [5.41, 5.74) is 8.39. The van der Waals surface area contributed by atoms with Crippen molar-refractivity contribution in [2.45, 2.75) is 49.7 Å². The van der Waals surface area contributed by atoms with Crippen molar-refractivity contribution in [1.29, 1.82) is 0 Å². The molecule has 38 heavy (non-hydrogen) atoms. The highest BCUT2D eigenvalue weighted by Gasteiger charge is 2.51. The summed E-state index contributed by atoms with van der Waals surface area (Å²) >= 11 is 0. The van der Waals surface area contributed by atoms with Gasteiger partial charge in [0.25, 0.3) is 5.56 Å². The van der Waals surface area contributed by atoms with Gasteiger partial charge < -0.3 is 10.6 Å². The minimum absolute atomic E-state index is 0.00387. The van der Waals surface area contributed by atoms with Crippen molar-refractivity contribution in [2.24, 2.45) is 11.1 Å². The predicted molar refractivity (Wildman–Crippen MR) is 135 cm³/mol. The molecule has 8 nitrogen and oxygen atoms in total. The van der Waals surface area contributed by atoms with E-state index in [1.165, 1.54) is 11.1 Å². The molecule has 2 aliphatic carbocycles. The lowest BCUT2D eigenvalue weighted by molar-refractivity contribution is -0.141. The number of halogens is 3. The number of hydrogen-bond donors (Lipinski definition) is 3. The van der Waals surface area contributed by atoms with Crippen molar-refractivity contribution in [1.82, 2.24) is 25.1 Å². The normalized spacial score (nSPS) is 21.7. The third-order valence-corrected chi connectivity index (χ3v) is 8.87. The van der Waals surface area contributed by atoms with Crippen molar-refractivity contribution in [3.8, 4) is 0 Å². The van der Waals surface area contributed by atoms with Crippen LogP contribution in [0, 0.1) is 5.41 Å². The summed E-state index contributed by atoms with van der Waals surface area (Å²) in [5.74, 6) is 0.463. The van der Waals surface area contributed by atoms with Crippen LogP contribution >= 0.6 is 0 Å². The maximum Gasteiger partial charge on any atom is 0.433 e. The van der Waals surface area contributed by atoms with E-state index in [0.717, 1.165) is 31.5 Å². The van der Waals surface area contributed by atoms with Crippen LogP contribution in [0.15, 0.2) is 47.4 Å². The average Bonchev–Trinajstić information content (AvgIpc) is 3.52. The number of piperidine rings is 1. The Kier molecular flexibility index (Phi) is 4.86. The van der Waals surface area contributed by atoms with Crippen LogP contribution in [0.25, 0.3) is 11.0 Å². The zero-order valence-electron chi connectivity index (χ0n) is 20.5. The summed E-state index contributed by atoms with van der Waals surface area (Å²) in [7, 11) is 0. The zero-order chi connectivity index (χ0) is 26.3. The Balaban J connectivity index is 1.17. The molecule has 2 fully saturated rings. The molecule has 3 aliphatic rings. The minimum atomic E-state index is -4.55. The topological polar surface area (TPSA) is 117 Å². The first-order valence-electron chi connectivity index (χ1n) is 12.8. The fraction of sp³-hybridized carbons (Fsp3) is 0.407. The average molecular weight is 522 g/mol. The third-order valence-electron chi connectivity index (χ3n) is 8.87. The minimum Gasteiger partial charge on any atom is -0.342 e. The molecule has 1 spiro atoms.